The number of benzene rings is 2. The molecule has 0 atom stereocenters. The third-order valence-electron chi connectivity index (χ3n) is 3.16. The monoisotopic (exact) mass is 355 g/mol. The standard InChI is InChI=1S/C16H18ClNO4S/c1-4-22-15-8-6-13(9-11(15)2)23(19,20)18-12-5-7-16(21-3)14(17)10-12/h5-10,18H,4H2,1-3H3. The number of hydrogen-bond acceptors (Lipinski definition) is 4. The zero-order chi connectivity index (χ0) is 17.0. The number of ether oxygens (including phenoxy) is 2. The summed E-state index contributed by atoms with van der Waals surface area (Å²) in [5.41, 5.74) is 1.12. The van der Waals surface area contributed by atoms with Gasteiger partial charge in [0.1, 0.15) is 11.5 Å². The number of hydrogen-bond donors (Lipinski definition) is 1. The lowest BCUT2D eigenvalue weighted by Crippen LogP contribution is -2.13. The molecule has 124 valence electrons. The highest BCUT2D eigenvalue weighted by atomic mass is 35.5. The first-order valence-corrected chi connectivity index (χ1v) is 8.83. The molecule has 0 aliphatic heterocycles. The lowest BCUT2D eigenvalue weighted by atomic mass is 10.2. The van der Waals surface area contributed by atoms with Crippen LogP contribution in [0.1, 0.15) is 12.5 Å². The van der Waals surface area contributed by atoms with Gasteiger partial charge in [-0.25, -0.2) is 8.42 Å². The molecule has 0 amide bonds. The van der Waals surface area contributed by atoms with E-state index in [-0.39, 0.29) is 4.90 Å². The molecule has 0 aliphatic rings. The molecule has 0 aromatic heterocycles. The maximum absolute atomic E-state index is 12.5. The lowest BCUT2D eigenvalue weighted by molar-refractivity contribution is 0.337. The molecule has 5 nitrogen and oxygen atoms in total. The van der Waals surface area contributed by atoms with E-state index < -0.39 is 10.0 Å². The zero-order valence-electron chi connectivity index (χ0n) is 13.1. The summed E-state index contributed by atoms with van der Waals surface area (Å²) in [4.78, 5) is 0.158. The average molecular weight is 356 g/mol. The van der Waals surface area contributed by atoms with Crippen molar-refractivity contribution in [2.75, 3.05) is 18.4 Å². The largest absolute Gasteiger partial charge is 0.495 e. The van der Waals surface area contributed by atoms with Crippen molar-refractivity contribution in [1.82, 2.24) is 0 Å². The Morgan fingerprint density at radius 2 is 1.83 bits per heavy atom. The van der Waals surface area contributed by atoms with E-state index >= 15 is 0 Å². The van der Waals surface area contributed by atoms with Gasteiger partial charge in [0.25, 0.3) is 10.0 Å². The van der Waals surface area contributed by atoms with Gasteiger partial charge in [-0.1, -0.05) is 11.6 Å². The van der Waals surface area contributed by atoms with Gasteiger partial charge in [0.2, 0.25) is 0 Å². The van der Waals surface area contributed by atoms with Crippen molar-refractivity contribution in [3.8, 4) is 11.5 Å². The molecule has 7 heteroatoms. The van der Waals surface area contributed by atoms with Crippen LogP contribution in [0.2, 0.25) is 5.02 Å². The summed E-state index contributed by atoms with van der Waals surface area (Å²) in [6.07, 6.45) is 0. The van der Waals surface area contributed by atoms with E-state index in [2.05, 4.69) is 4.72 Å². The first-order chi connectivity index (χ1) is 10.9. The van der Waals surface area contributed by atoms with Crippen molar-refractivity contribution >= 4 is 27.3 Å². The molecule has 2 rings (SSSR count). The molecule has 0 heterocycles. The third-order valence-corrected chi connectivity index (χ3v) is 4.83. The summed E-state index contributed by atoms with van der Waals surface area (Å²) >= 11 is 6.01. The highest BCUT2D eigenvalue weighted by Gasteiger charge is 2.16. The normalized spacial score (nSPS) is 11.1. The van der Waals surface area contributed by atoms with E-state index in [1.165, 1.54) is 19.2 Å². The summed E-state index contributed by atoms with van der Waals surface area (Å²) in [6, 6.07) is 9.41. The Balaban J connectivity index is 2.28. The van der Waals surface area contributed by atoms with Crippen LogP contribution < -0.4 is 14.2 Å². The maximum atomic E-state index is 12.5. The summed E-state index contributed by atoms with van der Waals surface area (Å²) in [6.45, 7) is 4.20. The van der Waals surface area contributed by atoms with Gasteiger partial charge in [0.15, 0.2) is 0 Å². The minimum Gasteiger partial charge on any atom is -0.495 e. The summed E-state index contributed by atoms with van der Waals surface area (Å²) in [5, 5.41) is 0.329. The second-order valence-corrected chi connectivity index (χ2v) is 6.90. The minimum absolute atomic E-state index is 0.158. The van der Waals surface area contributed by atoms with Crippen molar-refractivity contribution in [2.45, 2.75) is 18.7 Å². The second-order valence-electron chi connectivity index (χ2n) is 4.82. The number of nitrogens with one attached hydrogen (secondary N) is 1. The van der Waals surface area contributed by atoms with E-state index in [4.69, 9.17) is 21.1 Å². The Labute approximate surface area is 141 Å². The van der Waals surface area contributed by atoms with E-state index in [0.29, 0.717) is 28.8 Å². The molecule has 0 saturated carbocycles. The molecule has 2 aromatic rings. The second kappa shape index (κ2) is 7.10. The smallest absolute Gasteiger partial charge is 0.261 e. The molecule has 0 unspecified atom stereocenters. The number of aryl methyl sites for hydroxylation is 1. The number of rotatable bonds is 6. The average Bonchev–Trinajstić information content (AvgIpc) is 2.49. The predicted octanol–water partition coefficient (Wildman–Crippen LogP) is 3.86. The van der Waals surface area contributed by atoms with Crippen molar-refractivity contribution in [2.24, 2.45) is 0 Å². The number of methoxy groups -OCH3 is 1. The van der Waals surface area contributed by atoms with Crippen LogP contribution in [0.5, 0.6) is 11.5 Å². The summed E-state index contributed by atoms with van der Waals surface area (Å²) in [5.74, 6) is 1.14. The Morgan fingerprint density at radius 3 is 2.39 bits per heavy atom. The van der Waals surface area contributed by atoms with Gasteiger partial charge < -0.3 is 9.47 Å². The maximum Gasteiger partial charge on any atom is 0.261 e. The van der Waals surface area contributed by atoms with Crippen molar-refractivity contribution < 1.29 is 17.9 Å². The van der Waals surface area contributed by atoms with Gasteiger partial charge in [0, 0.05) is 0 Å². The molecule has 0 bridgehead atoms. The Kier molecular flexibility index (Phi) is 5.38. The number of anilines is 1. The fourth-order valence-corrected chi connectivity index (χ4v) is 3.44. The van der Waals surface area contributed by atoms with Crippen LogP contribution in [0.3, 0.4) is 0 Å². The van der Waals surface area contributed by atoms with Crippen molar-refractivity contribution in [1.29, 1.82) is 0 Å². The van der Waals surface area contributed by atoms with Crippen molar-refractivity contribution in [3.05, 3.63) is 47.0 Å². The first-order valence-electron chi connectivity index (χ1n) is 6.97. The van der Waals surface area contributed by atoms with E-state index in [1.54, 1.807) is 31.2 Å². The van der Waals surface area contributed by atoms with Gasteiger partial charge in [-0.2, -0.15) is 0 Å². The van der Waals surface area contributed by atoms with Crippen LogP contribution in [-0.2, 0) is 10.0 Å². The number of halogens is 1. The van der Waals surface area contributed by atoms with Crippen LogP contribution in [0.25, 0.3) is 0 Å². The fourth-order valence-electron chi connectivity index (χ4n) is 2.05. The molecule has 0 aliphatic carbocycles. The highest BCUT2D eigenvalue weighted by Crippen LogP contribution is 2.29. The molecular weight excluding hydrogens is 338 g/mol. The molecule has 0 saturated heterocycles. The van der Waals surface area contributed by atoms with Crippen LogP contribution >= 0.6 is 11.6 Å². The summed E-state index contributed by atoms with van der Waals surface area (Å²) < 4.78 is 37.9. The Morgan fingerprint density at radius 1 is 1.13 bits per heavy atom. The Hall–Kier alpha value is -1.92. The van der Waals surface area contributed by atoms with Gasteiger partial charge in [-0.15, -0.1) is 0 Å². The highest BCUT2D eigenvalue weighted by molar-refractivity contribution is 7.92. The van der Waals surface area contributed by atoms with Gasteiger partial charge >= 0.3 is 0 Å². The van der Waals surface area contributed by atoms with Gasteiger partial charge in [0.05, 0.1) is 29.3 Å². The molecule has 2 aromatic carbocycles. The molecule has 0 radical (unpaired) electrons. The third kappa shape index (κ3) is 4.09. The molecule has 23 heavy (non-hydrogen) atoms. The molecule has 1 N–H and O–H groups in total. The van der Waals surface area contributed by atoms with Crippen LogP contribution in [0.4, 0.5) is 5.69 Å². The van der Waals surface area contributed by atoms with Gasteiger partial charge in [-0.05, 0) is 55.8 Å². The zero-order valence-corrected chi connectivity index (χ0v) is 14.7. The van der Waals surface area contributed by atoms with E-state index in [1.807, 2.05) is 6.92 Å². The van der Waals surface area contributed by atoms with Crippen LogP contribution in [0.15, 0.2) is 41.3 Å². The van der Waals surface area contributed by atoms with Crippen molar-refractivity contribution in [3.63, 3.8) is 0 Å². The summed E-state index contributed by atoms with van der Waals surface area (Å²) in [7, 11) is -2.22. The van der Waals surface area contributed by atoms with Crippen LogP contribution in [-0.4, -0.2) is 22.1 Å². The molecule has 0 spiro atoms. The molecule has 0 fully saturated rings. The number of sulfonamides is 1. The van der Waals surface area contributed by atoms with Crippen LogP contribution in [0, 0.1) is 6.92 Å². The fraction of sp³-hybridized carbons (Fsp3) is 0.250. The van der Waals surface area contributed by atoms with E-state index in [9.17, 15) is 8.42 Å². The minimum atomic E-state index is -3.71. The lowest BCUT2D eigenvalue weighted by Gasteiger charge is -2.12. The Bertz CT molecular complexity index is 806. The predicted molar refractivity (Wildman–Crippen MR) is 91.2 cm³/mol. The quantitative estimate of drug-likeness (QED) is 0.854. The van der Waals surface area contributed by atoms with E-state index in [0.717, 1.165) is 5.56 Å². The first kappa shape index (κ1) is 17.4. The molecular formula is C16H18ClNO4S. The topological polar surface area (TPSA) is 64.6 Å². The van der Waals surface area contributed by atoms with Gasteiger partial charge in [-0.3, -0.25) is 4.72 Å². The SMILES string of the molecule is CCOc1ccc(S(=O)(=O)Nc2ccc(OC)c(Cl)c2)cc1C.